The Hall–Kier alpha value is -1.96. The molecule has 2 aromatic heterocycles. The Morgan fingerprint density at radius 2 is 1.87 bits per heavy atom. The fourth-order valence-corrected chi connectivity index (χ4v) is 3.90. The van der Waals surface area contributed by atoms with E-state index < -0.39 is 15.8 Å². The lowest BCUT2D eigenvalue weighted by Gasteiger charge is -2.07. The van der Waals surface area contributed by atoms with Crippen molar-refractivity contribution in [3.8, 4) is 0 Å². The predicted molar refractivity (Wildman–Crippen MR) is 86.5 cm³/mol. The van der Waals surface area contributed by atoms with Gasteiger partial charge in [0.25, 0.3) is 10.0 Å². The number of hydrogen-bond acceptors (Lipinski definition) is 4. The van der Waals surface area contributed by atoms with E-state index in [9.17, 15) is 12.8 Å². The van der Waals surface area contributed by atoms with Gasteiger partial charge in [0.2, 0.25) is 0 Å². The molecule has 0 atom stereocenters. The molecule has 0 unspecified atom stereocenters. The molecule has 2 heterocycles. The van der Waals surface area contributed by atoms with Gasteiger partial charge in [-0.25, -0.2) is 21.8 Å². The van der Waals surface area contributed by atoms with Gasteiger partial charge in [-0.2, -0.15) is 0 Å². The molecular formula is C15H13ClFN3O2S. The fraction of sp³-hybridized carbons (Fsp3) is 0.133. The van der Waals surface area contributed by atoms with Crippen LogP contribution in [-0.2, 0) is 16.4 Å². The van der Waals surface area contributed by atoms with Crippen LogP contribution in [0.25, 0.3) is 11.0 Å². The number of nitrogens with zero attached hydrogens (tertiary/aromatic N) is 2. The standard InChI is InChI=1S/C15H13ClFN3O2S/c16-14-6-5-13-15(19-14)10(7-8-18)9-20(13)23(21,22)12-3-1-11(17)2-4-12/h1-6,9H,7-8,18H2. The molecule has 3 rings (SSSR count). The molecule has 0 fully saturated rings. The van der Waals surface area contributed by atoms with Crippen molar-refractivity contribution in [2.24, 2.45) is 5.73 Å². The van der Waals surface area contributed by atoms with E-state index in [0.717, 1.165) is 16.1 Å². The molecular weight excluding hydrogens is 341 g/mol. The highest BCUT2D eigenvalue weighted by molar-refractivity contribution is 7.90. The molecule has 0 radical (unpaired) electrons. The van der Waals surface area contributed by atoms with Crippen molar-refractivity contribution in [3.63, 3.8) is 0 Å². The average Bonchev–Trinajstić information content (AvgIpc) is 2.87. The summed E-state index contributed by atoms with van der Waals surface area (Å²) in [5.41, 5.74) is 7.16. The Kier molecular flexibility index (Phi) is 4.09. The Labute approximate surface area is 137 Å². The molecule has 120 valence electrons. The van der Waals surface area contributed by atoms with E-state index in [1.807, 2.05) is 0 Å². The number of rotatable bonds is 4. The van der Waals surface area contributed by atoms with Crippen molar-refractivity contribution >= 4 is 32.7 Å². The number of nitrogens with two attached hydrogens (primary N) is 1. The Bertz CT molecular complexity index is 968. The number of halogens is 2. The van der Waals surface area contributed by atoms with Crippen LogP contribution in [0.15, 0.2) is 47.5 Å². The zero-order valence-electron chi connectivity index (χ0n) is 11.9. The zero-order chi connectivity index (χ0) is 16.6. The van der Waals surface area contributed by atoms with Crippen molar-refractivity contribution in [3.05, 3.63) is 59.1 Å². The van der Waals surface area contributed by atoms with E-state index in [1.54, 1.807) is 6.07 Å². The lowest BCUT2D eigenvalue weighted by molar-refractivity contribution is 0.588. The van der Waals surface area contributed by atoms with Gasteiger partial charge in [0.15, 0.2) is 0 Å². The van der Waals surface area contributed by atoms with Gasteiger partial charge in [-0.1, -0.05) is 11.6 Å². The Morgan fingerprint density at radius 1 is 1.17 bits per heavy atom. The van der Waals surface area contributed by atoms with Crippen molar-refractivity contribution in [2.75, 3.05) is 6.54 Å². The topological polar surface area (TPSA) is 78.0 Å². The Morgan fingerprint density at radius 3 is 2.52 bits per heavy atom. The number of aromatic nitrogens is 2. The summed E-state index contributed by atoms with van der Waals surface area (Å²) in [7, 11) is -3.87. The van der Waals surface area contributed by atoms with Crippen LogP contribution in [0.1, 0.15) is 5.56 Å². The molecule has 0 aliphatic heterocycles. The van der Waals surface area contributed by atoms with E-state index in [-0.39, 0.29) is 10.0 Å². The molecule has 0 aliphatic rings. The van der Waals surface area contributed by atoms with Gasteiger partial charge in [0.1, 0.15) is 11.0 Å². The van der Waals surface area contributed by atoms with Gasteiger partial charge in [0, 0.05) is 6.20 Å². The third kappa shape index (κ3) is 2.83. The summed E-state index contributed by atoms with van der Waals surface area (Å²) in [6, 6.07) is 7.77. The van der Waals surface area contributed by atoms with Gasteiger partial charge in [-0.05, 0) is 54.9 Å². The molecule has 3 aromatic rings. The molecule has 0 saturated carbocycles. The highest BCUT2D eigenvalue weighted by atomic mass is 35.5. The van der Waals surface area contributed by atoms with Gasteiger partial charge in [-0.3, -0.25) is 0 Å². The van der Waals surface area contributed by atoms with Crippen molar-refractivity contribution in [1.29, 1.82) is 0 Å². The first-order valence-electron chi connectivity index (χ1n) is 6.81. The van der Waals surface area contributed by atoms with Gasteiger partial charge in [0.05, 0.1) is 15.9 Å². The number of fused-ring (bicyclic) bond motifs is 1. The van der Waals surface area contributed by atoms with E-state index in [1.165, 1.54) is 24.4 Å². The highest BCUT2D eigenvalue weighted by Gasteiger charge is 2.22. The monoisotopic (exact) mass is 353 g/mol. The minimum absolute atomic E-state index is 0.00921. The van der Waals surface area contributed by atoms with Gasteiger partial charge >= 0.3 is 0 Å². The minimum atomic E-state index is -3.87. The molecule has 0 spiro atoms. The normalized spacial score (nSPS) is 12.0. The molecule has 1 aromatic carbocycles. The quantitative estimate of drug-likeness (QED) is 0.731. The molecule has 5 nitrogen and oxygen atoms in total. The van der Waals surface area contributed by atoms with Gasteiger partial charge in [-0.15, -0.1) is 0 Å². The summed E-state index contributed by atoms with van der Waals surface area (Å²) in [6.07, 6.45) is 1.95. The smallest absolute Gasteiger partial charge is 0.268 e. The van der Waals surface area contributed by atoms with Crippen molar-refractivity contribution in [2.45, 2.75) is 11.3 Å². The number of hydrogen-bond donors (Lipinski definition) is 1. The maximum atomic E-state index is 13.0. The van der Waals surface area contributed by atoms with Crippen LogP contribution in [0.5, 0.6) is 0 Å². The first kappa shape index (κ1) is 15.9. The first-order valence-corrected chi connectivity index (χ1v) is 8.63. The molecule has 23 heavy (non-hydrogen) atoms. The second-order valence-corrected chi connectivity index (χ2v) is 7.15. The molecule has 0 bridgehead atoms. The van der Waals surface area contributed by atoms with E-state index in [0.29, 0.717) is 29.6 Å². The fourth-order valence-electron chi connectivity index (χ4n) is 2.37. The summed E-state index contributed by atoms with van der Waals surface area (Å²) in [5, 5.41) is 0.271. The molecule has 8 heteroatoms. The Balaban J connectivity index is 2.25. The SMILES string of the molecule is NCCc1cn(S(=O)(=O)c2ccc(F)cc2)c2ccc(Cl)nc12. The number of pyridine rings is 1. The van der Waals surface area contributed by atoms with Crippen LogP contribution in [0.3, 0.4) is 0 Å². The predicted octanol–water partition coefficient (Wildman–Crippen LogP) is 2.57. The summed E-state index contributed by atoms with van der Waals surface area (Å²) in [6.45, 7) is 0.351. The molecule has 0 amide bonds. The van der Waals surface area contributed by atoms with Crippen molar-refractivity contribution < 1.29 is 12.8 Å². The van der Waals surface area contributed by atoms with Crippen LogP contribution in [-0.4, -0.2) is 23.9 Å². The van der Waals surface area contributed by atoms with Crippen LogP contribution in [0.2, 0.25) is 5.15 Å². The third-order valence-electron chi connectivity index (χ3n) is 3.44. The largest absolute Gasteiger partial charge is 0.330 e. The lowest BCUT2D eigenvalue weighted by atomic mass is 10.2. The lowest BCUT2D eigenvalue weighted by Crippen LogP contribution is -2.12. The second kappa shape index (κ2) is 5.92. The maximum Gasteiger partial charge on any atom is 0.268 e. The minimum Gasteiger partial charge on any atom is -0.330 e. The van der Waals surface area contributed by atoms with E-state index in [2.05, 4.69) is 4.98 Å². The van der Waals surface area contributed by atoms with Crippen molar-refractivity contribution in [1.82, 2.24) is 8.96 Å². The summed E-state index contributed by atoms with van der Waals surface area (Å²) in [4.78, 5) is 4.19. The summed E-state index contributed by atoms with van der Waals surface area (Å²) < 4.78 is 39.8. The average molecular weight is 354 g/mol. The van der Waals surface area contributed by atoms with E-state index in [4.69, 9.17) is 17.3 Å². The van der Waals surface area contributed by atoms with E-state index >= 15 is 0 Å². The van der Waals surface area contributed by atoms with Crippen LogP contribution in [0.4, 0.5) is 4.39 Å². The first-order chi connectivity index (χ1) is 10.9. The third-order valence-corrected chi connectivity index (χ3v) is 5.34. The maximum absolute atomic E-state index is 13.0. The van der Waals surface area contributed by atoms with Crippen LogP contribution >= 0.6 is 11.6 Å². The van der Waals surface area contributed by atoms with Crippen LogP contribution in [0, 0.1) is 5.82 Å². The molecule has 2 N–H and O–H groups in total. The highest BCUT2D eigenvalue weighted by Crippen LogP contribution is 2.26. The molecule has 0 saturated heterocycles. The zero-order valence-corrected chi connectivity index (χ0v) is 13.5. The summed E-state index contributed by atoms with van der Waals surface area (Å²) >= 11 is 5.91. The second-order valence-electron chi connectivity index (χ2n) is 4.95. The summed E-state index contributed by atoms with van der Waals surface area (Å²) in [5.74, 6) is -0.501. The molecule has 0 aliphatic carbocycles. The van der Waals surface area contributed by atoms with Crippen LogP contribution < -0.4 is 5.73 Å². The number of benzene rings is 1. The van der Waals surface area contributed by atoms with Gasteiger partial charge < -0.3 is 5.73 Å².